The number of rotatable bonds is 2. The standard InChI is InChI=1S/C18H15BrFN/c19-17-15(6-3-7-16(17)20)11-18(12-21)9-8-13-4-1-2-5-14(13)10-18/h1-7H,8-11H2. The van der Waals surface area contributed by atoms with Crippen molar-refractivity contribution < 1.29 is 4.39 Å². The van der Waals surface area contributed by atoms with Crippen LogP contribution >= 0.6 is 15.9 Å². The van der Waals surface area contributed by atoms with Crippen LogP contribution in [0.4, 0.5) is 4.39 Å². The quantitative estimate of drug-likeness (QED) is 0.766. The van der Waals surface area contributed by atoms with Crippen LogP contribution < -0.4 is 0 Å². The minimum atomic E-state index is -0.440. The van der Waals surface area contributed by atoms with Crippen LogP contribution in [0.25, 0.3) is 0 Å². The summed E-state index contributed by atoms with van der Waals surface area (Å²) in [5.74, 6) is -0.267. The van der Waals surface area contributed by atoms with Gasteiger partial charge in [0.05, 0.1) is 16.0 Å². The van der Waals surface area contributed by atoms with Crippen LogP contribution in [0.2, 0.25) is 0 Å². The summed E-state index contributed by atoms with van der Waals surface area (Å²) in [4.78, 5) is 0. The number of aryl methyl sites for hydroxylation is 1. The number of nitriles is 1. The smallest absolute Gasteiger partial charge is 0.137 e. The maximum atomic E-state index is 13.7. The third kappa shape index (κ3) is 2.73. The average Bonchev–Trinajstić information content (AvgIpc) is 2.52. The first kappa shape index (κ1) is 14.3. The molecule has 0 amide bonds. The second kappa shape index (κ2) is 5.61. The van der Waals surface area contributed by atoms with Crippen LogP contribution in [0.15, 0.2) is 46.9 Å². The lowest BCUT2D eigenvalue weighted by atomic mass is 9.69. The molecular formula is C18H15BrFN. The van der Waals surface area contributed by atoms with Gasteiger partial charge in [-0.05, 0) is 64.4 Å². The maximum absolute atomic E-state index is 13.7. The molecule has 3 rings (SSSR count). The molecular weight excluding hydrogens is 329 g/mol. The second-order valence-corrected chi connectivity index (χ2v) is 6.52. The van der Waals surface area contributed by atoms with E-state index >= 15 is 0 Å². The van der Waals surface area contributed by atoms with Crippen LogP contribution in [0.1, 0.15) is 23.1 Å². The molecule has 0 aliphatic heterocycles. The number of benzene rings is 2. The first-order valence-electron chi connectivity index (χ1n) is 7.04. The van der Waals surface area contributed by atoms with Gasteiger partial charge in [0.1, 0.15) is 5.82 Å². The molecule has 0 saturated carbocycles. The molecule has 2 aromatic rings. The van der Waals surface area contributed by atoms with Crippen molar-refractivity contribution in [1.82, 2.24) is 0 Å². The lowest BCUT2D eigenvalue weighted by Gasteiger charge is -2.32. The summed E-state index contributed by atoms with van der Waals surface area (Å²) in [6.45, 7) is 0. The molecule has 0 spiro atoms. The highest BCUT2D eigenvalue weighted by molar-refractivity contribution is 9.10. The summed E-state index contributed by atoms with van der Waals surface area (Å²) < 4.78 is 14.2. The SMILES string of the molecule is N#CC1(Cc2cccc(F)c2Br)CCc2ccccc2C1. The fraction of sp³-hybridized carbons (Fsp3) is 0.278. The van der Waals surface area contributed by atoms with Gasteiger partial charge in [0, 0.05) is 0 Å². The topological polar surface area (TPSA) is 23.8 Å². The summed E-state index contributed by atoms with van der Waals surface area (Å²) in [5, 5.41) is 9.73. The van der Waals surface area contributed by atoms with Gasteiger partial charge in [0.15, 0.2) is 0 Å². The molecule has 1 aliphatic carbocycles. The zero-order valence-corrected chi connectivity index (χ0v) is 13.2. The Hall–Kier alpha value is -1.66. The monoisotopic (exact) mass is 343 g/mol. The van der Waals surface area contributed by atoms with Crippen molar-refractivity contribution in [3.05, 3.63) is 69.4 Å². The van der Waals surface area contributed by atoms with Gasteiger partial charge in [-0.1, -0.05) is 36.4 Å². The van der Waals surface area contributed by atoms with Gasteiger partial charge < -0.3 is 0 Å². The van der Waals surface area contributed by atoms with Crippen molar-refractivity contribution in [2.45, 2.75) is 25.7 Å². The predicted octanol–water partition coefficient (Wildman–Crippen LogP) is 4.83. The molecule has 21 heavy (non-hydrogen) atoms. The van der Waals surface area contributed by atoms with Crippen molar-refractivity contribution in [1.29, 1.82) is 5.26 Å². The Morgan fingerprint density at radius 1 is 1.14 bits per heavy atom. The number of hydrogen-bond acceptors (Lipinski definition) is 1. The summed E-state index contributed by atoms with van der Waals surface area (Å²) in [6, 6.07) is 15.8. The molecule has 3 heteroatoms. The van der Waals surface area contributed by atoms with Crippen molar-refractivity contribution >= 4 is 15.9 Å². The highest BCUT2D eigenvalue weighted by atomic mass is 79.9. The number of hydrogen-bond donors (Lipinski definition) is 0. The van der Waals surface area contributed by atoms with Crippen molar-refractivity contribution in [2.24, 2.45) is 5.41 Å². The van der Waals surface area contributed by atoms with E-state index < -0.39 is 5.41 Å². The molecule has 0 aromatic heterocycles. The number of fused-ring (bicyclic) bond motifs is 1. The minimum Gasteiger partial charge on any atom is -0.206 e. The first-order valence-corrected chi connectivity index (χ1v) is 7.84. The van der Waals surface area contributed by atoms with Crippen molar-refractivity contribution in [3.63, 3.8) is 0 Å². The van der Waals surface area contributed by atoms with Gasteiger partial charge in [-0.25, -0.2) is 4.39 Å². The maximum Gasteiger partial charge on any atom is 0.137 e. The summed E-state index contributed by atoms with van der Waals surface area (Å²) in [7, 11) is 0. The molecule has 1 unspecified atom stereocenters. The Balaban J connectivity index is 1.93. The van der Waals surface area contributed by atoms with E-state index in [1.165, 1.54) is 17.2 Å². The third-order valence-corrected chi connectivity index (χ3v) is 5.21. The van der Waals surface area contributed by atoms with Crippen LogP contribution in [0.5, 0.6) is 0 Å². The van der Waals surface area contributed by atoms with E-state index in [-0.39, 0.29) is 5.82 Å². The van der Waals surface area contributed by atoms with Crippen LogP contribution in [-0.2, 0) is 19.3 Å². The van der Waals surface area contributed by atoms with Gasteiger partial charge >= 0.3 is 0 Å². The Bertz CT molecular complexity index is 719. The Labute approximate surface area is 132 Å². The minimum absolute atomic E-state index is 0.267. The molecule has 106 valence electrons. The molecule has 2 aromatic carbocycles. The molecule has 0 saturated heterocycles. The normalized spacial score (nSPS) is 20.6. The van der Waals surface area contributed by atoms with Crippen molar-refractivity contribution in [3.8, 4) is 6.07 Å². The highest BCUT2D eigenvalue weighted by Gasteiger charge is 2.35. The van der Waals surface area contributed by atoms with Gasteiger partial charge in [-0.15, -0.1) is 0 Å². The van der Waals surface area contributed by atoms with Crippen LogP contribution in [0, 0.1) is 22.6 Å². The molecule has 1 atom stereocenters. The molecule has 0 bridgehead atoms. The van der Waals surface area contributed by atoms with E-state index in [2.05, 4.69) is 34.1 Å². The fourth-order valence-electron chi connectivity index (χ4n) is 3.14. The van der Waals surface area contributed by atoms with E-state index in [1.807, 2.05) is 18.2 Å². The molecule has 0 fully saturated rings. The second-order valence-electron chi connectivity index (χ2n) is 5.73. The average molecular weight is 344 g/mol. The highest BCUT2D eigenvalue weighted by Crippen LogP contribution is 2.39. The van der Waals surface area contributed by atoms with Crippen LogP contribution in [-0.4, -0.2) is 0 Å². The summed E-state index contributed by atoms with van der Waals surface area (Å²) in [6.07, 6.45) is 3.05. The number of halogens is 2. The van der Waals surface area contributed by atoms with E-state index in [9.17, 15) is 9.65 Å². The Kier molecular flexibility index (Phi) is 3.82. The largest absolute Gasteiger partial charge is 0.206 e. The Morgan fingerprint density at radius 3 is 2.67 bits per heavy atom. The summed E-state index contributed by atoms with van der Waals surface area (Å²) >= 11 is 3.31. The predicted molar refractivity (Wildman–Crippen MR) is 84.3 cm³/mol. The third-order valence-electron chi connectivity index (χ3n) is 4.32. The molecule has 0 heterocycles. The van der Waals surface area contributed by atoms with E-state index in [0.29, 0.717) is 10.9 Å². The first-order chi connectivity index (χ1) is 10.1. The van der Waals surface area contributed by atoms with Gasteiger partial charge in [-0.3, -0.25) is 0 Å². The van der Waals surface area contributed by atoms with Gasteiger partial charge in [0.2, 0.25) is 0 Å². The van der Waals surface area contributed by atoms with Gasteiger partial charge in [-0.2, -0.15) is 5.26 Å². The molecule has 0 N–H and O–H groups in total. The van der Waals surface area contributed by atoms with Crippen LogP contribution in [0.3, 0.4) is 0 Å². The van der Waals surface area contributed by atoms with Crippen molar-refractivity contribution in [2.75, 3.05) is 0 Å². The Morgan fingerprint density at radius 2 is 1.90 bits per heavy atom. The lowest BCUT2D eigenvalue weighted by molar-refractivity contribution is 0.338. The van der Waals surface area contributed by atoms with E-state index in [0.717, 1.165) is 24.8 Å². The fourth-order valence-corrected chi connectivity index (χ4v) is 3.54. The zero-order valence-electron chi connectivity index (χ0n) is 11.6. The number of nitrogens with zero attached hydrogens (tertiary/aromatic N) is 1. The van der Waals surface area contributed by atoms with E-state index in [1.54, 1.807) is 6.07 Å². The lowest BCUT2D eigenvalue weighted by Crippen LogP contribution is -2.30. The summed E-state index contributed by atoms with van der Waals surface area (Å²) in [5.41, 5.74) is 3.01. The zero-order chi connectivity index (χ0) is 14.9. The van der Waals surface area contributed by atoms with E-state index in [4.69, 9.17) is 0 Å². The molecule has 1 aliphatic rings. The molecule has 0 radical (unpaired) electrons. The van der Waals surface area contributed by atoms with Gasteiger partial charge in [0.25, 0.3) is 0 Å². The molecule has 1 nitrogen and oxygen atoms in total.